The molecule has 0 spiro atoms. The maximum atomic E-state index is 12.6. The highest BCUT2D eigenvalue weighted by Crippen LogP contribution is 2.29. The van der Waals surface area contributed by atoms with E-state index in [-0.39, 0.29) is 11.8 Å². The summed E-state index contributed by atoms with van der Waals surface area (Å²) in [7, 11) is 3.24. The summed E-state index contributed by atoms with van der Waals surface area (Å²) in [5.74, 6) is 1.58. The zero-order valence-electron chi connectivity index (χ0n) is 17.8. The molecule has 0 bridgehead atoms. The largest absolute Gasteiger partial charge is 0.493 e. The van der Waals surface area contributed by atoms with Gasteiger partial charge in [-0.05, 0) is 49.1 Å². The molecule has 1 amide bonds. The Morgan fingerprint density at radius 2 is 1.81 bits per heavy atom. The van der Waals surface area contributed by atoms with E-state index < -0.39 is 0 Å². The van der Waals surface area contributed by atoms with Gasteiger partial charge < -0.3 is 19.7 Å². The van der Waals surface area contributed by atoms with E-state index in [2.05, 4.69) is 20.4 Å². The van der Waals surface area contributed by atoms with E-state index in [0.29, 0.717) is 18.0 Å². The Labute approximate surface area is 185 Å². The van der Waals surface area contributed by atoms with Gasteiger partial charge in [0.1, 0.15) is 0 Å². The van der Waals surface area contributed by atoms with Gasteiger partial charge in [-0.3, -0.25) is 9.36 Å². The molecule has 0 aliphatic carbocycles. The molecule has 1 aliphatic heterocycles. The van der Waals surface area contributed by atoms with Crippen LogP contribution in [0.3, 0.4) is 0 Å². The fourth-order valence-electron chi connectivity index (χ4n) is 3.75. The van der Waals surface area contributed by atoms with Gasteiger partial charge in [0.15, 0.2) is 11.5 Å². The molecule has 9 heteroatoms. The summed E-state index contributed by atoms with van der Waals surface area (Å²) >= 11 is 1.57. The normalized spacial score (nSPS) is 14.5. The number of carbonyl (C=O) groups excluding carboxylic acids is 1. The number of hydrogen-bond donors (Lipinski definition) is 1. The second kappa shape index (κ2) is 9.82. The van der Waals surface area contributed by atoms with Gasteiger partial charge in [0.25, 0.3) is 0 Å². The number of rotatable bonds is 8. The van der Waals surface area contributed by atoms with Crippen LogP contribution in [0.1, 0.15) is 18.4 Å². The topological polar surface area (TPSA) is 81.5 Å². The summed E-state index contributed by atoms with van der Waals surface area (Å²) in [5.41, 5.74) is 1.10. The van der Waals surface area contributed by atoms with Crippen molar-refractivity contribution >= 4 is 22.4 Å². The van der Waals surface area contributed by atoms with E-state index in [4.69, 9.17) is 9.47 Å². The van der Waals surface area contributed by atoms with Gasteiger partial charge in [-0.1, -0.05) is 17.4 Å². The predicted molar refractivity (Wildman–Crippen MR) is 120 cm³/mol. The van der Waals surface area contributed by atoms with Crippen molar-refractivity contribution < 1.29 is 14.3 Å². The van der Waals surface area contributed by atoms with Crippen LogP contribution in [0.25, 0.3) is 5.13 Å². The van der Waals surface area contributed by atoms with Crippen molar-refractivity contribution in [2.45, 2.75) is 19.3 Å². The van der Waals surface area contributed by atoms with E-state index in [1.165, 1.54) is 0 Å². The molecule has 1 aliphatic rings. The molecule has 3 aromatic rings. The number of piperidine rings is 1. The Balaban J connectivity index is 1.23. The first-order valence-corrected chi connectivity index (χ1v) is 11.2. The second-order valence-electron chi connectivity index (χ2n) is 7.45. The van der Waals surface area contributed by atoms with Gasteiger partial charge in [0.2, 0.25) is 16.2 Å². The van der Waals surface area contributed by atoms with E-state index in [1.54, 1.807) is 25.6 Å². The summed E-state index contributed by atoms with van der Waals surface area (Å²) in [6, 6.07) is 9.77. The van der Waals surface area contributed by atoms with E-state index in [0.717, 1.165) is 48.2 Å². The fourth-order valence-corrected chi connectivity index (χ4v) is 4.61. The standard InChI is InChI=1S/C22H27N5O3S/c1-29-18-6-5-16(15-19(18)30-2)7-10-23-20(28)17-8-13-27(14-9-17)22-25-24-21(31-22)26-11-3-4-12-26/h3-6,11-12,15,17H,7-10,13-14H2,1-2H3,(H,23,28). The van der Waals surface area contributed by atoms with Crippen LogP contribution in [0.15, 0.2) is 42.7 Å². The average molecular weight is 442 g/mol. The van der Waals surface area contributed by atoms with Gasteiger partial charge in [-0.15, -0.1) is 10.2 Å². The maximum Gasteiger partial charge on any atom is 0.223 e. The van der Waals surface area contributed by atoms with Crippen LogP contribution >= 0.6 is 11.3 Å². The maximum absolute atomic E-state index is 12.6. The van der Waals surface area contributed by atoms with Crippen LogP contribution in [0.2, 0.25) is 0 Å². The minimum atomic E-state index is 0.0403. The van der Waals surface area contributed by atoms with Crippen molar-refractivity contribution in [1.29, 1.82) is 0 Å². The molecule has 2 aromatic heterocycles. The molecule has 164 valence electrons. The highest BCUT2D eigenvalue weighted by molar-refractivity contribution is 7.17. The molecule has 0 atom stereocenters. The van der Waals surface area contributed by atoms with Crippen molar-refractivity contribution in [3.63, 3.8) is 0 Å². The quantitative estimate of drug-likeness (QED) is 0.579. The van der Waals surface area contributed by atoms with Crippen molar-refractivity contribution in [2.75, 3.05) is 38.8 Å². The van der Waals surface area contributed by atoms with Gasteiger partial charge >= 0.3 is 0 Å². The van der Waals surface area contributed by atoms with Crippen LogP contribution in [-0.2, 0) is 11.2 Å². The number of hydrogen-bond acceptors (Lipinski definition) is 7. The van der Waals surface area contributed by atoms with Gasteiger partial charge in [-0.25, -0.2) is 0 Å². The average Bonchev–Trinajstić information content (AvgIpc) is 3.51. The van der Waals surface area contributed by atoms with Gasteiger partial charge in [-0.2, -0.15) is 0 Å². The second-order valence-corrected chi connectivity index (χ2v) is 8.38. The van der Waals surface area contributed by atoms with E-state index in [9.17, 15) is 4.79 Å². The molecule has 31 heavy (non-hydrogen) atoms. The van der Waals surface area contributed by atoms with Gasteiger partial charge in [0.05, 0.1) is 14.2 Å². The predicted octanol–water partition coefficient (Wildman–Crippen LogP) is 2.92. The zero-order chi connectivity index (χ0) is 21.6. The van der Waals surface area contributed by atoms with Crippen LogP contribution in [0.5, 0.6) is 11.5 Å². The van der Waals surface area contributed by atoms with E-state index in [1.807, 2.05) is 47.3 Å². The minimum Gasteiger partial charge on any atom is -0.493 e. The third-order valence-corrected chi connectivity index (χ3v) is 6.52. The number of carbonyl (C=O) groups is 1. The van der Waals surface area contributed by atoms with Gasteiger partial charge in [0, 0.05) is 37.9 Å². The third-order valence-electron chi connectivity index (χ3n) is 5.53. The Hall–Kier alpha value is -3.07. The summed E-state index contributed by atoms with van der Waals surface area (Å²) in [5, 5.41) is 13.5. The first kappa shape index (κ1) is 21.2. The molecule has 1 N–H and O–H groups in total. The Kier molecular flexibility index (Phi) is 6.71. The number of ether oxygens (including phenoxy) is 2. The molecule has 0 saturated carbocycles. The van der Waals surface area contributed by atoms with Crippen molar-refractivity contribution in [2.24, 2.45) is 5.92 Å². The van der Waals surface area contributed by atoms with Crippen molar-refractivity contribution in [3.8, 4) is 16.6 Å². The molecule has 4 rings (SSSR count). The molecule has 0 radical (unpaired) electrons. The summed E-state index contributed by atoms with van der Waals surface area (Å²) in [6.07, 6.45) is 6.31. The smallest absolute Gasteiger partial charge is 0.223 e. The van der Waals surface area contributed by atoms with E-state index >= 15 is 0 Å². The number of aromatic nitrogens is 3. The lowest BCUT2D eigenvalue weighted by Crippen LogP contribution is -2.41. The molecule has 1 aromatic carbocycles. The van der Waals surface area contributed by atoms with Crippen LogP contribution < -0.4 is 19.7 Å². The fraction of sp³-hybridized carbons (Fsp3) is 0.409. The number of benzene rings is 1. The molecule has 8 nitrogen and oxygen atoms in total. The summed E-state index contributed by atoms with van der Waals surface area (Å²) in [6.45, 7) is 2.23. The lowest BCUT2D eigenvalue weighted by molar-refractivity contribution is -0.125. The summed E-state index contributed by atoms with van der Waals surface area (Å²) < 4.78 is 12.6. The Bertz CT molecular complexity index is 997. The Morgan fingerprint density at radius 1 is 1.10 bits per heavy atom. The highest BCUT2D eigenvalue weighted by Gasteiger charge is 2.26. The van der Waals surface area contributed by atoms with Crippen LogP contribution in [-0.4, -0.2) is 54.5 Å². The first-order chi connectivity index (χ1) is 15.2. The molecule has 0 unspecified atom stereocenters. The SMILES string of the molecule is COc1ccc(CCNC(=O)C2CCN(c3nnc(-n4cccc4)s3)CC2)cc1OC. The number of nitrogens with one attached hydrogen (secondary N) is 1. The molecule has 1 saturated heterocycles. The monoisotopic (exact) mass is 441 g/mol. The minimum absolute atomic E-state index is 0.0403. The number of methoxy groups -OCH3 is 2. The number of amides is 1. The lowest BCUT2D eigenvalue weighted by Gasteiger charge is -2.30. The lowest BCUT2D eigenvalue weighted by atomic mass is 9.96. The molecule has 1 fully saturated rings. The number of anilines is 1. The number of nitrogens with zero attached hydrogens (tertiary/aromatic N) is 4. The molecular weight excluding hydrogens is 414 g/mol. The zero-order valence-corrected chi connectivity index (χ0v) is 18.6. The van der Waals surface area contributed by atoms with Crippen LogP contribution in [0, 0.1) is 5.92 Å². The van der Waals surface area contributed by atoms with Crippen molar-refractivity contribution in [3.05, 3.63) is 48.3 Å². The highest BCUT2D eigenvalue weighted by atomic mass is 32.1. The first-order valence-electron chi connectivity index (χ1n) is 10.4. The summed E-state index contributed by atoms with van der Waals surface area (Å²) in [4.78, 5) is 14.8. The Morgan fingerprint density at radius 3 is 2.52 bits per heavy atom. The molecule has 3 heterocycles. The van der Waals surface area contributed by atoms with Crippen molar-refractivity contribution in [1.82, 2.24) is 20.1 Å². The van der Waals surface area contributed by atoms with Crippen LogP contribution in [0.4, 0.5) is 5.13 Å². The molecular formula is C22H27N5O3S. The third kappa shape index (κ3) is 4.99.